The van der Waals surface area contributed by atoms with Crippen molar-refractivity contribution in [2.45, 2.75) is 9.79 Å². The van der Waals surface area contributed by atoms with Gasteiger partial charge in [-0.05, 0) is 48.5 Å². The first kappa shape index (κ1) is 13.2. The number of benzene rings is 2. The van der Waals surface area contributed by atoms with E-state index in [2.05, 4.69) is 5.10 Å². The van der Waals surface area contributed by atoms with Crippen LogP contribution in [0.25, 0.3) is 5.69 Å². The minimum atomic E-state index is -0.253. The van der Waals surface area contributed by atoms with Crippen LogP contribution in [0, 0.1) is 5.82 Å². The maximum Gasteiger partial charge on any atom is 0.123 e. The highest BCUT2D eigenvalue weighted by Crippen LogP contribution is 2.28. The van der Waals surface area contributed by atoms with Crippen molar-refractivity contribution < 1.29 is 4.39 Å². The number of rotatable bonds is 3. The molecule has 3 rings (SSSR count). The molecule has 0 atom stereocenters. The highest BCUT2D eigenvalue weighted by molar-refractivity contribution is 7.99. The fraction of sp³-hybridized carbons (Fsp3) is 0. The molecule has 0 radical (unpaired) electrons. The maximum absolute atomic E-state index is 12.9. The summed E-state index contributed by atoms with van der Waals surface area (Å²) in [6.07, 6.45) is 3.69. The van der Waals surface area contributed by atoms with E-state index in [1.54, 1.807) is 34.8 Å². The number of nitrogens with zero attached hydrogens (tertiary/aromatic N) is 2. The van der Waals surface area contributed by atoms with Gasteiger partial charge in [-0.15, -0.1) is 0 Å². The predicted molar refractivity (Wildman–Crippen MR) is 79.1 cm³/mol. The van der Waals surface area contributed by atoms with Crippen LogP contribution in [0.5, 0.6) is 0 Å². The smallest absolute Gasteiger partial charge is 0.123 e. The second-order valence-corrected chi connectivity index (χ2v) is 5.74. The van der Waals surface area contributed by atoms with Gasteiger partial charge in [0.05, 0.1) is 16.8 Å². The molecule has 0 saturated carbocycles. The third-order valence-corrected chi connectivity index (χ3v) is 3.91. The molecule has 3 aromatic rings. The number of aromatic nitrogens is 2. The fourth-order valence-corrected chi connectivity index (χ4v) is 2.66. The topological polar surface area (TPSA) is 17.8 Å². The molecule has 20 heavy (non-hydrogen) atoms. The van der Waals surface area contributed by atoms with Crippen LogP contribution >= 0.6 is 23.4 Å². The van der Waals surface area contributed by atoms with Crippen molar-refractivity contribution in [3.05, 3.63) is 71.8 Å². The summed E-state index contributed by atoms with van der Waals surface area (Å²) in [5, 5.41) is 5.00. The molecule has 1 aromatic heterocycles. The van der Waals surface area contributed by atoms with Gasteiger partial charge in [0.2, 0.25) is 0 Å². The molecule has 0 aliphatic heterocycles. The SMILES string of the molecule is Fc1ccc(-n2cc(Sc3ccc(Cl)cc3)cn2)cc1. The largest absolute Gasteiger partial charge is 0.240 e. The molecule has 0 N–H and O–H groups in total. The van der Waals surface area contributed by atoms with Crippen LogP contribution in [-0.4, -0.2) is 9.78 Å². The van der Waals surface area contributed by atoms with Crippen LogP contribution < -0.4 is 0 Å². The summed E-state index contributed by atoms with van der Waals surface area (Å²) in [4.78, 5) is 2.10. The van der Waals surface area contributed by atoms with E-state index in [1.807, 2.05) is 30.5 Å². The Morgan fingerprint density at radius 1 is 0.950 bits per heavy atom. The zero-order valence-corrected chi connectivity index (χ0v) is 11.9. The van der Waals surface area contributed by atoms with Crippen LogP contribution in [0.1, 0.15) is 0 Å². The summed E-state index contributed by atoms with van der Waals surface area (Å²) in [6.45, 7) is 0. The Morgan fingerprint density at radius 3 is 2.35 bits per heavy atom. The normalized spacial score (nSPS) is 10.7. The van der Waals surface area contributed by atoms with Crippen LogP contribution in [0.2, 0.25) is 5.02 Å². The fourth-order valence-electron chi connectivity index (χ4n) is 1.73. The third kappa shape index (κ3) is 3.03. The molecule has 0 saturated heterocycles. The number of hydrogen-bond acceptors (Lipinski definition) is 2. The summed E-state index contributed by atoms with van der Waals surface area (Å²) >= 11 is 7.45. The van der Waals surface area contributed by atoms with Gasteiger partial charge in [-0.1, -0.05) is 23.4 Å². The molecule has 5 heteroatoms. The summed E-state index contributed by atoms with van der Waals surface area (Å²) in [5.41, 5.74) is 0.828. The average molecular weight is 305 g/mol. The molecule has 0 amide bonds. The van der Waals surface area contributed by atoms with Crippen molar-refractivity contribution in [1.82, 2.24) is 9.78 Å². The minimum Gasteiger partial charge on any atom is -0.240 e. The molecule has 0 fully saturated rings. The van der Waals surface area contributed by atoms with Crippen molar-refractivity contribution in [2.75, 3.05) is 0 Å². The van der Waals surface area contributed by atoms with Crippen molar-refractivity contribution in [3.8, 4) is 5.69 Å². The minimum absolute atomic E-state index is 0.253. The zero-order chi connectivity index (χ0) is 13.9. The second-order valence-electron chi connectivity index (χ2n) is 4.15. The molecule has 2 nitrogen and oxygen atoms in total. The molecule has 100 valence electrons. The van der Waals surface area contributed by atoms with Gasteiger partial charge >= 0.3 is 0 Å². The Bertz CT molecular complexity index is 707. The third-order valence-electron chi connectivity index (χ3n) is 2.70. The lowest BCUT2D eigenvalue weighted by Crippen LogP contribution is -1.93. The van der Waals surface area contributed by atoms with E-state index in [4.69, 9.17) is 11.6 Å². The summed E-state index contributed by atoms with van der Waals surface area (Å²) in [6, 6.07) is 13.9. The Balaban J connectivity index is 1.80. The molecule has 0 unspecified atom stereocenters. The first-order valence-corrected chi connectivity index (χ1v) is 7.14. The van der Waals surface area contributed by atoms with Gasteiger partial charge in [0.1, 0.15) is 5.82 Å². The first-order valence-electron chi connectivity index (χ1n) is 5.95. The van der Waals surface area contributed by atoms with Crippen LogP contribution in [0.15, 0.2) is 70.7 Å². The molecule has 0 aliphatic carbocycles. The zero-order valence-electron chi connectivity index (χ0n) is 10.3. The van der Waals surface area contributed by atoms with Gasteiger partial charge in [-0.3, -0.25) is 0 Å². The van der Waals surface area contributed by atoms with Gasteiger partial charge < -0.3 is 0 Å². The van der Waals surface area contributed by atoms with Gasteiger partial charge in [0.15, 0.2) is 0 Å². The van der Waals surface area contributed by atoms with Gasteiger partial charge in [-0.2, -0.15) is 5.10 Å². The summed E-state index contributed by atoms with van der Waals surface area (Å²) in [7, 11) is 0. The van der Waals surface area contributed by atoms with E-state index in [-0.39, 0.29) is 5.82 Å². The highest BCUT2D eigenvalue weighted by atomic mass is 35.5. The van der Waals surface area contributed by atoms with Gasteiger partial charge in [0.25, 0.3) is 0 Å². The molecular weight excluding hydrogens is 295 g/mol. The van der Waals surface area contributed by atoms with Crippen LogP contribution in [-0.2, 0) is 0 Å². The number of halogens is 2. The predicted octanol–water partition coefficient (Wildman–Crippen LogP) is 4.82. The molecule has 2 aromatic carbocycles. The van der Waals surface area contributed by atoms with E-state index in [9.17, 15) is 4.39 Å². The Labute approximate surface area is 125 Å². The van der Waals surface area contributed by atoms with Crippen molar-refractivity contribution in [2.24, 2.45) is 0 Å². The lowest BCUT2D eigenvalue weighted by Gasteiger charge is -2.00. The van der Waals surface area contributed by atoms with Crippen LogP contribution in [0.3, 0.4) is 0 Å². The lowest BCUT2D eigenvalue weighted by atomic mass is 10.3. The van der Waals surface area contributed by atoms with Gasteiger partial charge in [-0.25, -0.2) is 9.07 Å². The molecule has 0 aliphatic rings. The molecule has 0 spiro atoms. The monoisotopic (exact) mass is 304 g/mol. The average Bonchev–Trinajstić information content (AvgIpc) is 2.91. The Kier molecular flexibility index (Phi) is 3.76. The second kappa shape index (κ2) is 5.69. The standard InChI is InChI=1S/C15H10ClFN2S/c16-11-1-7-14(8-2-11)20-15-9-18-19(10-15)13-5-3-12(17)4-6-13/h1-10H. The van der Waals surface area contributed by atoms with E-state index >= 15 is 0 Å². The van der Waals surface area contributed by atoms with Crippen LogP contribution in [0.4, 0.5) is 4.39 Å². The van der Waals surface area contributed by atoms with Crippen molar-refractivity contribution in [3.63, 3.8) is 0 Å². The summed E-state index contributed by atoms with van der Waals surface area (Å²) in [5.74, 6) is -0.253. The van der Waals surface area contributed by atoms with E-state index < -0.39 is 0 Å². The van der Waals surface area contributed by atoms with E-state index in [1.165, 1.54) is 12.1 Å². The Hall–Kier alpha value is -1.78. The quantitative estimate of drug-likeness (QED) is 0.690. The van der Waals surface area contributed by atoms with Crippen molar-refractivity contribution >= 4 is 23.4 Å². The lowest BCUT2D eigenvalue weighted by molar-refractivity contribution is 0.627. The molecule has 1 heterocycles. The van der Waals surface area contributed by atoms with Crippen molar-refractivity contribution in [1.29, 1.82) is 0 Å². The van der Waals surface area contributed by atoms with E-state index in [0.717, 1.165) is 20.5 Å². The highest BCUT2D eigenvalue weighted by Gasteiger charge is 2.03. The summed E-state index contributed by atoms with van der Waals surface area (Å²) < 4.78 is 14.6. The molecular formula is C15H10ClFN2S. The van der Waals surface area contributed by atoms with Gasteiger partial charge in [0, 0.05) is 16.1 Å². The van der Waals surface area contributed by atoms with E-state index in [0.29, 0.717) is 0 Å². The molecule has 0 bridgehead atoms. The first-order chi connectivity index (χ1) is 9.70. The maximum atomic E-state index is 12.9. The number of hydrogen-bond donors (Lipinski definition) is 0. The Morgan fingerprint density at radius 2 is 1.65 bits per heavy atom.